The third-order valence-electron chi connectivity index (χ3n) is 5.34. The van der Waals surface area contributed by atoms with Gasteiger partial charge in [0.05, 0.1) is 29.3 Å². The van der Waals surface area contributed by atoms with Crippen LogP contribution in [0.4, 0.5) is 17.2 Å². The van der Waals surface area contributed by atoms with E-state index in [9.17, 15) is 9.59 Å². The number of hydrogen-bond acceptors (Lipinski definition) is 6. The van der Waals surface area contributed by atoms with Crippen LogP contribution in [0, 0.1) is 5.92 Å². The Labute approximate surface area is 183 Å². The fourth-order valence-electron chi connectivity index (χ4n) is 3.43. The van der Waals surface area contributed by atoms with Crippen molar-refractivity contribution in [2.75, 3.05) is 23.0 Å². The lowest BCUT2D eigenvalue weighted by Gasteiger charge is -2.07. The molecule has 0 spiro atoms. The van der Waals surface area contributed by atoms with Crippen LogP contribution in [0.15, 0.2) is 55.0 Å². The van der Waals surface area contributed by atoms with E-state index in [0.717, 1.165) is 29.5 Å². The molecule has 0 aliphatic heterocycles. The smallest absolute Gasteiger partial charge is 0.276 e. The predicted molar refractivity (Wildman–Crippen MR) is 122 cm³/mol. The Kier molecular flexibility index (Phi) is 4.98. The van der Waals surface area contributed by atoms with Gasteiger partial charge in [0.15, 0.2) is 5.69 Å². The number of nitrogens with zero attached hydrogens (tertiary/aromatic N) is 3. The zero-order valence-electron chi connectivity index (χ0n) is 17.3. The summed E-state index contributed by atoms with van der Waals surface area (Å²) in [5.41, 5.74) is 3.95. The fourth-order valence-corrected chi connectivity index (χ4v) is 3.43. The van der Waals surface area contributed by atoms with Gasteiger partial charge in [-0.05, 0) is 48.7 Å². The Balaban J connectivity index is 1.41. The summed E-state index contributed by atoms with van der Waals surface area (Å²) < 4.78 is 0. The van der Waals surface area contributed by atoms with Crippen molar-refractivity contribution in [2.45, 2.75) is 12.8 Å². The molecule has 1 aliphatic carbocycles. The van der Waals surface area contributed by atoms with Gasteiger partial charge in [-0.15, -0.1) is 0 Å². The molecule has 1 aromatic carbocycles. The van der Waals surface area contributed by atoms with Crippen molar-refractivity contribution in [3.05, 3.63) is 60.7 Å². The zero-order chi connectivity index (χ0) is 22.1. The van der Waals surface area contributed by atoms with Crippen LogP contribution >= 0.6 is 0 Å². The van der Waals surface area contributed by atoms with Gasteiger partial charge in [0.1, 0.15) is 5.82 Å². The van der Waals surface area contributed by atoms with Gasteiger partial charge in [-0.2, -0.15) is 5.10 Å². The number of carbonyl (C=O) groups excluding carboxylic acids is 2. The van der Waals surface area contributed by atoms with E-state index in [0.29, 0.717) is 22.6 Å². The van der Waals surface area contributed by atoms with Crippen LogP contribution in [0.25, 0.3) is 22.0 Å². The molecule has 3 aromatic heterocycles. The maximum absolute atomic E-state index is 12.8. The summed E-state index contributed by atoms with van der Waals surface area (Å²) in [6.07, 6.45) is 6.82. The summed E-state index contributed by atoms with van der Waals surface area (Å²) in [6.45, 7) is 0. The first-order valence-corrected chi connectivity index (χ1v) is 10.3. The Morgan fingerprint density at radius 2 is 1.84 bits per heavy atom. The number of H-pyrrole nitrogens is 1. The third-order valence-corrected chi connectivity index (χ3v) is 5.34. The lowest BCUT2D eigenvalue weighted by molar-refractivity contribution is -0.117. The molecule has 0 bridgehead atoms. The molecule has 0 radical (unpaired) electrons. The van der Waals surface area contributed by atoms with E-state index in [2.05, 4.69) is 36.1 Å². The monoisotopic (exact) mass is 427 g/mol. The van der Waals surface area contributed by atoms with Gasteiger partial charge in [-0.3, -0.25) is 19.7 Å². The predicted octanol–water partition coefficient (Wildman–Crippen LogP) is 3.66. The molecule has 4 N–H and O–H groups in total. The van der Waals surface area contributed by atoms with E-state index < -0.39 is 0 Å². The van der Waals surface area contributed by atoms with Crippen LogP contribution in [0.2, 0.25) is 0 Å². The summed E-state index contributed by atoms with van der Waals surface area (Å²) >= 11 is 0. The number of hydrogen-bond donors (Lipinski definition) is 4. The second kappa shape index (κ2) is 8.10. The molecule has 1 fully saturated rings. The number of carbonyl (C=O) groups is 2. The standard InChI is InChI=1S/C23H21N7O2/c1-24-20-7-5-16(12-26-20)27-23(32)21-18-9-14(4-6-19(18)29-30-21)15-8-17(11-25-10-15)28-22(31)13-2-3-13/h4-13H,2-3H2,1H3,(H,24,26)(H,27,32)(H,28,31)(H,29,30). The van der Waals surface area contributed by atoms with E-state index in [1.165, 1.54) is 0 Å². The van der Waals surface area contributed by atoms with Crippen molar-refractivity contribution in [2.24, 2.45) is 5.92 Å². The first-order chi connectivity index (χ1) is 15.6. The number of aromatic nitrogens is 4. The first kappa shape index (κ1) is 19.7. The average Bonchev–Trinajstić information content (AvgIpc) is 3.59. The Hall–Kier alpha value is -4.27. The number of benzene rings is 1. The van der Waals surface area contributed by atoms with Crippen LogP contribution in [-0.4, -0.2) is 39.0 Å². The maximum Gasteiger partial charge on any atom is 0.276 e. The molecule has 160 valence electrons. The van der Waals surface area contributed by atoms with E-state index >= 15 is 0 Å². The van der Waals surface area contributed by atoms with E-state index in [4.69, 9.17) is 0 Å². The molecular weight excluding hydrogens is 406 g/mol. The minimum Gasteiger partial charge on any atom is -0.373 e. The molecule has 0 saturated heterocycles. The topological polar surface area (TPSA) is 125 Å². The van der Waals surface area contributed by atoms with Gasteiger partial charge >= 0.3 is 0 Å². The molecule has 3 heterocycles. The van der Waals surface area contributed by atoms with Crippen LogP contribution in [0.3, 0.4) is 0 Å². The minimum absolute atomic E-state index is 0.0328. The largest absolute Gasteiger partial charge is 0.373 e. The minimum atomic E-state index is -0.337. The summed E-state index contributed by atoms with van der Waals surface area (Å²) in [5, 5.41) is 16.5. The number of fused-ring (bicyclic) bond motifs is 1. The van der Waals surface area contributed by atoms with E-state index in [1.54, 1.807) is 37.8 Å². The highest BCUT2D eigenvalue weighted by Crippen LogP contribution is 2.31. The van der Waals surface area contributed by atoms with Crippen molar-refractivity contribution >= 4 is 39.9 Å². The van der Waals surface area contributed by atoms with Crippen LogP contribution < -0.4 is 16.0 Å². The van der Waals surface area contributed by atoms with Crippen molar-refractivity contribution < 1.29 is 9.59 Å². The third kappa shape index (κ3) is 4.00. The number of pyridine rings is 2. The van der Waals surface area contributed by atoms with Crippen LogP contribution in [-0.2, 0) is 4.79 Å². The van der Waals surface area contributed by atoms with Gasteiger partial charge in [-0.25, -0.2) is 4.98 Å². The molecule has 32 heavy (non-hydrogen) atoms. The second-order valence-corrected chi connectivity index (χ2v) is 7.69. The van der Waals surface area contributed by atoms with Crippen molar-refractivity contribution in [3.8, 4) is 11.1 Å². The molecule has 9 nitrogen and oxygen atoms in total. The summed E-state index contributed by atoms with van der Waals surface area (Å²) in [7, 11) is 1.78. The lowest BCUT2D eigenvalue weighted by Crippen LogP contribution is -2.13. The SMILES string of the molecule is CNc1ccc(NC(=O)c2n[nH]c3ccc(-c4cncc(NC(=O)C5CC5)c4)cc23)cn1. The fraction of sp³-hybridized carbons (Fsp3) is 0.174. The quantitative estimate of drug-likeness (QED) is 0.372. The number of amides is 2. The Morgan fingerprint density at radius 1 is 0.969 bits per heavy atom. The number of rotatable bonds is 6. The summed E-state index contributed by atoms with van der Waals surface area (Å²) in [4.78, 5) is 33.4. The number of aromatic amines is 1. The summed E-state index contributed by atoms with van der Waals surface area (Å²) in [6, 6.07) is 11.1. The van der Waals surface area contributed by atoms with Gasteiger partial charge in [0.2, 0.25) is 5.91 Å². The van der Waals surface area contributed by atoms with Crippen molar-refractivity contribution in [3.63, 3.8) is 0 Å². The molecule has 0 unspecified atom stereocenters. The zero-order valence-corrected chi connectivity index (χ0v) is 17.3. The molecule has 1 saturated carbocycles. The average molecular weight is 427 g/mol. The number of anilines is 3. The molecule has 1 aliphatic rings. The molecular formula is C23H21N7O2. The molecule has 0 atom stereocenters. The molecule has 9 heteroatoms. The summed E-state index contributed by atoms with van der Waals surface area (Å²) in [5.74, 6) is 0.523. The van der Waals surface area contributed by atoms with Crippen LogP contribution in [0.5, 0.6) is 0 Å². The van der Waals surface area contributed by atoms with Gasteiger partial charge in [-0.1, -0.05) is 6.07 Å². The molecule has 5 rings (SSSR count). The van der Waals surface area contributed by atoms with Crippen molar-refractivity contribution in [1.29, 1.82) is 0 Å². The van der Waals surface area contributed by atoms with E-state index in [-0.39, 0.29) is 23.4 Å². The Morgan fingerprint density at radius 3 is 2.59 bits per heavy atom. The molecule has 4 aromatic rings. The highest BCUT2D eigenvalue weighted by molar-refractivity contribution is 6.11. The highest BCUT2D eigenvalue weighted by atomic mass is 16.2. The second-order valence-electron chi connectivity index (χ2n) is 7.69. The van der Waals surface area contributed by atoms with Gasteiger partial charge in [0.25, 0.3) is 5.91 Å². The first-order valence-electron chi connectivity index (χ1n) is 10.3. The highest BCUT2D eigenvalue weighted by Gasteiger charge is 2.29. The van der Waals surface area contributed by atoms with E-state index in [1.807, 2.05) is 24.3 Å². The van der Waals surface area contributed by atoms with Crippen molar-refractivity contribution in [1.82, 2.24) is 20.2 Å². The maximum atomic E-state index is 12.8. The van der Waals surface area contributed by atoms with Gasteiger partial charge in [0, 0.05) is 30.1 Å². The molecule has 2 amide bonds. The van der Waals surface area contributed by atoms with Crippen LogP contribution in [0.1, 0.15) is 23.3 Å². The van der Waals surface area contributed by atoms with Gasteiger partial charge < -0.3 is 16.0 Å². The number of nitrogens with one attached hydrogen (secondary N) is 4. The Bertz CT molecular complexity index is 1310. The normalized spacial score (nSPS) is 13.0. The lowest BCUT2D eigenvalue weighted by atomic mass is 10.0.